The zero-order chi connectivity index (χ0) is 27.6. The van der Waals surface area contributed by atoms with E-state index in [2.05, 4.69) is 34.6 Å². The van der Waals surface area contributed by atoms with Crippen LogP contribution in [0.5, 0.6) is 0 Å². The monoisotopic (exact) mass is 532 g/mol. The number of rotatable bonds is 6. The van der Waals surface area contributed by atoms with Gasteiger partial charge in [0.1, 0.15) is 0 Å². The van der Waals surface area contributed by atoms with Gasteiger partial charge in [-0.1, -0.05) is 0 Å². The molecule has 0 bridgehead atoms. The van der Waals surface area contributed by atoms with Gasteiger partial charge in [0.2, 0.25) is 0 Å². The SMILES string of the molecule is CC1=C(C)C(C)(C)[C]([Ti+2][O]C(=O)C(c2ccccc2)(c2ccccc2)c2ccccc2)=C1C.C[O-].C[O-]. The number of hydrogen-bond donors (Lipinski definition) is 0. The molecule has 4 rings (SSSR count). The third-order valence-corrected chi connectivity index (χ3v) is 9.56. The van der Waals surface area contributed by atoms with Gasteiger partial charge in [-0.3, -0.25) is 0 Å². The van der Waals surface area contributed by atoms with Crippen LogP contribution >= 0.6 is 0 Å². The van der Waals surface area contributed by atoms with Crippen LogP contribution in [0.4, 0.5) is 0 Å². The quantitative estimate of drug-likeness (QED) is 0.325. The molecule has 37 heavy (non-hydrogen) atoms. The second-order valence-corrected chi connectivity index (χ2v) is 10.6. The minimum absolute atomic E-state index is 0.0661. The third kappa shape index (κ3) is 5.89. The molecule has 3 aromatic rings. The molecule has 0 aliphatic heterocycles. The molecule has 192 valence electrons. The summed E-state index contributed by atoms with van der Waals surface area (Å²) in [6.07, 6.45) is 0. The van der Waals surface area contributed by atoms with Gasteiger partial charge in [-0.25, -0.2) is 0 Å². The molecule has 3 aromatic carbocycles. The second-order valence-electron chi connectivity index (χ2n) is 9.21. The van der Waals surface area contributed by atoms with Crippen molar-refractivity contribution in [2.75, 3.05) is 14.2 Å². The topological polar surface area (TPSA) is 72.4 Å². The van der Waals surface area contributed by atoms with Crippen LogP contribution in [0.1, 0.15) is 51.3 Å². The predicted molar refractivity (Wildman–Crippen MR) is 142 cm³/mol. The molecule has 0 radical (unpaired) electrons. The molecule has 0 fully saturated rings. The molecule has 0 amide bonds. The van der Waals surface area contributed by atoms with Gasteiger partial charge in [-0.15, -0.1) is 0 Å². The van der Waals surface area contributed by atoms with Gasteiger partial charge in [0, 0.05) is 0 Å². The number of benzene rings is 3. The first-order chi connectivity index (χ1) is 17.8. The van der Waals surface area contributed by atoms with Crippen LogP contribution in [0.25, 0.3) is 0 Å². The predicted octanol–water partition coefficient (Wildman–Crippen LogP) is 5.16. The molecule has 1 aliphatic carbocycles. The van der Waals surface area contributed by atoms with Crippen molar-refractivity contribution in [3.8, 4) is 0 Å². The van der Waals surface area contributed by atoms with E-state index < -0.39 is 25.0 Å². The van der Waals surface area contributed by atoms with Gasteiger partial charge in [0.25, 0.3) is 0 Å². The van der Waals surface area contributed by atoms with Crippen molar-refractivity contribution in [1.29, 1.82) is 0 Å². The van der Waals surface area contributed by atoms with Crippen LogP contribution in [0.3, 0.4) is 0 Å². The maximum Gasteiger partial charge on any atom is -0.153 e. The van der Waals surface area contributed by atoms with Crippen molar-refractivity contribution in [2.24, 2.45) is 5.41 Å². The van der Waals surface area contributed by atoms with Gasteiger partial charge in [0.05, 0.1) is 0 Å². The molecule has 0 unspecified atom stereocenters. The molecular weight excluding hydrogens is 496 g/mol. The van der Waals surface area contributed by atoms with Crippen molar-refractivity contribution in [1.82, 2.24) is 0 Å². The Kier molecular flexibility index (Phi) is 11.3. The maximum absolute atomic E-state index is 14.3. The van der Waals surface area contributed by atoms with E-state index in [1.165, 1.54) is 20.6 Å². The average Bonchev–Trinajstić information content (AvgIpc) is 3.10. The summed E-state index contributed by atoms with van der Waals surface area (Å²) in [6, 6.07) is 30.1. The Balaban J connectivity index is 0.00000115. The Labute approximate surface area is 231 Å². The first kappa shape index (κ1) is 30.5. The molecule has 0 aromatic heterocycles. The summed E-state index contributed by atoms with van der Waals surface area (Å²) in [4.78, 5) is 14.3. The third-order valence-electron chi connectivity index (χ3n) is 7.23. The standard InChI is InChI=1S/C20H16O2.C10H15.2CH3O.Ti/c21-19(22)20(16-10-4-1-5-11-16,17-12-6-2-7-13-17)18-14-8-3-9-15-18;1-7-6-10(4,5)9(3)8(7)2;2*1-2;/h1-15H,(H,21,22);1-5H3;2*1H3;/q;;2*-1;+3/p-1. The number of allylic oxidation sites excluding steroid dienone is 4. The van der Waals surface area contributed by atoms with E-state index in [9.17, 15) is 4.79 Å². The van der Waals surface area contributed by atoms with Crippen LogP contribution in [0.15, 0.2) is 112 Å². The van der Waals surface area contributed by atoms with Crippen LogP contribution in [-0.2, 0) is 33.1 Å². The fourth-order valence-corrected chi connectivity index (χ4v) is 6.66. The summed E-state index contributed by atoms with van der Waals surface area (Å²) in [6.45, 7) is 11.0. The smallest absolute Gasteiger partial charge is 0.153 e. The number of carbonyl (C=O) groups excluding carboxylic acids is 1. The number of hydrogen-bond acceptors (Lipinski definition) is 4. The van der Waals surface area contributed by atoms with Crippen LogP contribution in [-0.4, -0.2) is 20.2 Å². The van der Waals surface area contributed by atoms with Crippen molar-refractivity contribution in [3.05, 3.63) is 128 Å². The van der Waals surface area contributed by atoms with E-state index >= 15 is 0 Å². The summed E-state index contributed by atoms with van der Waals surface area (Å²) >= 11 is -1.13. The summed E-state index contributed by atoms with van der Waals surface area (Å²) in [7, 11) is 1.50. The van der Waals surface area contributed by atoms with Crippen molar-refractivity contribution in [2.45, 2.75) is 40.0 Å². The largest absolute Gasteiger partial charge is 0.857 e. The number of carbonyl (C=O) groups is 1. The molecular formula is C32H36O4Ti. The van der Waals surface area contributed by atoms with Crippen LogP contribution in [0.2, 0.25) is 0 Å². The molecule has 5 heteroatoms. The van der Waals surface area contributed by atoms with E-state index in [4.69, 9.17) is 13.5 Å². The Bertz CT molecular complexity index is 1120. The summed E-state index contributed by atoms with van der Waals surface area (Å²) < 4.78 is 7.66. The van der Waals surface area contributed by atoms with Gasteiger partial charge in [-0.05, 0) is 0 Å². The minimum Gasteiger partial charge on any atom is -0.857 e. The maximum atomic E-state index is 14.3. The van der Waals surface area contributed by atoms with Crippen molar-refractivity contribution >= 4 is 5.97 Å². The summed E-state index contributed by atoms with van der Waals surface area (Å²) in [5.41, 5.74) is 5.65. The zero-order valence-electron chi connectivity index (χ0n) is 22.8. The van der Waals surface area contributed by atoms with Crippen molar-refractivity contribution in [3.63, 3.8) is 0 Å². The van der Waals surface area contributed by atoms with E-state index in [0.29, 0.717) is 0 Å². The molecule has 0 N–H and O–H groups in total. The van der Waals surface area contributed by atoms with Crippen LogP contribution < -0.4 is 10.2 Å². The first-order valence-electron chi connectivity index (χ1n) is 12.2. The molecule has 0 saturated heterocycles. The Morgan fingerprint density at radius 3 is 1.32 bits per heavy atom. The van der Waals surface area contributed by atoms with E-state index in [0.717, 1.165) is 30.9 Å². The first-order valence-corrected chi connectivity index (χ1v) is 13.6. The van der Waals surface area contributed by atoms with Gasteiger partial charge < -0.3 is 10.2 Å². The van der Waals surface area contributed by atoms with Crippen molar-refractivity contribution < 1.29 is 37.9 Å². The van der Waals surface area contributed by atoms with Crippen LogP contribution in [0, 0.1) is 5.41 Å². The average molecular weight is 533 g/mol. The normalized spacial score (nSPS) is 14.1. The fourth-order valence-electron chi connectivity index (χ4n) is 4.89. The Morgan fingerprint density at radius 1 is 0.676 bits per heavy atom. The summed E-state index contributed by atoms with van der Waals surface area (Å²) in [5, 5.41) is 16.5. The Morgan fingerprint density at radius 2 is 1.03 bits per heavy atom. The van der Waals surface area contributed by atoms with Gasteiger partial charge >= 0.3 is 207 Å². The second kappa shape index (κ2) is 13.7. The Hall–Kier alpha value is -2.76. The zero-order valence-corrected chi connectivity index (χ0v) is 24.4. The molecule has 0 heterocycles. The van der Waals surface area contributed by atoms with E-state index in [-0.39, 0.29) is 11.4 Å². The van der Waals surface area contributed by atoms with E-state index in [1.807, 2.05) is 91.0 Å². The van der Waals surface area contributed by atoms with E-state index in [1.54, 1.807) is 0 Å². The minimum atomic E-state index is -1.13. The summed E-state index contributed by atoms with van der Waals surface area (Å²) in [5.74, 6) is -0.204. The molecule has 0 atom stereocenters. The molecule has 4 nitrogen and oxygen atoms in total. The molecule has 1 aliphatic rings. The fraction of sp³-hybridized carbons (Fsp3) is 0.281. The van der Waals surface area contributed by atoms with Gasteiger partial charge in [0.15, 0.2) is 0 Å². The molecule has 0 spiro atoms. The van der Waals surface area contributed by atoms with Gasteiger partial charge in [-0.2, -0.15) is 14.2 Å². The molecule has 0 saturated carbocycles.